The number of hydrogen-bond acceptors (Lipinski definition) is 6. The number of piperidine rings is 1. The number of nitrogens with zero attached hydrogens (tertiary/aromatic N) is 6. The van der Waals surface area contributed by atoms with Crippen LogP contribution in [0.3, 0.4) is 0 Å². The number of benzene rings is 1. The van der Waals surface area contributed by atoms with E-state index < -0.39 is 0 Å². The number of halogens is 1. The van der Waals surface area contributed by atoms with E-state index in [0.29, 0.717) is 30.5 Å². The number of aromatic nitrogens is 4. The molecule has 0 unspecified atom stereocenters. The predicted molar refractivity (Wildman–Crippen MR) is 135 cm³/mol. The van der Waals surface area contributed by atoms with Crippen LogP contribution in [0.5, 0.6) is 0 Å². The standard InChI is InChI=1S/C26H32FN7O/c1-31(2)19-6-9-32(10-7-19)17-18-15-24-29-23(26-20-5-8-28-22(20)4-3-21(26)27)16-25(34(24)30-18)33-11-13-35-14-12-33/h3-5,8,15-16,19,28H,6-7,9-14,17H2,1-2H3. The summed E-state index contributed by atoms with van der Waals surface area (Å²) < 4.78 is 22.6. The van der Waals surface area contributed by atoms with Gasteiger partial charge in [0.2, 0.25) is 0 Å². The number of morpholine rings is 1. The summed E-state index contributed by atoms with van der Waals surface area (Å²) in [6, 6.07) is 9.87. The van der Waals surface area contributed by atoms with Crippen molar-refractivity contribution in [3.63, 3.8) is 0 Å². The minimum absolute atomic E-state index is 0.273. The van der Waals surface area contributed by atoms with E-state index >= 15 is 4.39 Å². The zero-order chi connectivity index (χ0) is 23.9. The third-order valence-corrected chi connectivity index (χ3v) is 7.41. The SMILES string of the molecule is CN(C)C1CCN(Cc2cc3nc(-c4c(F)ccc5[nH]ccc45)cc(N4CCOCC4)n3n2)CC1. The fourth-order valence-electron chi connectivity index (χ4n) is 5.42. The Labute approximate surface area is 204 Å². The van der Waals surface area contributed by atoms with E-state index in [1.54, 1.807) is 6.07 Å². The van der Waals surface area contributed by atoms with E-state index in [-0.39, 0.29) is 5.82 Å². The lowest BCUT2D eigenvalue weighted by Gasteiger charge is -2.34. The van der Waals surface area contributed by atoms with Gasteiger partial charge in [0.05, 0.1) is 24.6 Å². The summed E-state index contributed by atoms with van der Waals surface area (Å²) in [5.74, 6) is 0.656. The van der Waals surface area contributed by atoms with E-state index in [4.69, 9.17) is 14.8 Å². The second-order valence-electron chi connectivity index (χ2n) is 9.84. The minimum atomic E-state index is -0.273. The molecule has 8 nitrogen and oxygen atoms in total. The molecule has 0 aliphatic carbocycles. The van der Waals surface area contributed by atoms with Gasteiger partial charge in [-0.15, -0.1) is 0 Å². The topological polar surface area (TPSA) is 64.9 Å². The molecule has 3 aromatic heterocycles. The van der Waals surface area contributed by atoms with Gasteiger partial charge in [-0.1, -0.05) is 0 Å². The lowest BCUT2D eigenvalue weighted by molar-refractivity contribution is 0.122. The van der Waals surface area contributed by atoms with Gasteiger partial charge in [0, 0.05) is 73.6 Å². The largest absolute Gasteiger partial charge is 0.378 e. The van der Waals surface area contributed by atoms with Gasteiger partial charge in [-0.2, -0.15) is 9.61 Å². The molecule has 2 fully saturated rings. The van der Waals surface area contributed by atoms with Crippen LogP contribution in [0.1, 0.15) is 18.5 Å². The Kier molecular flexibility index (Phi) is 5.91. The minimum Gasteiger partial charge on any atom is -0.378 e. The first-order chi connectivity index (χ1) is 17.1. The van der Waals surface area contributed by atoms with Crippen molar-refractivity contribution in [3.05, 3.63) is 48.0 Å². The molecule has 5 heterocycles. The Morgan fingerprint density at radius 1 is 1.09 bits per heavy atom. The summed E-state index contributed by atoms with van der Waals surface area (Å²) >= 11 is 0. The molecule has 1 N–H and O–H groups in total. The highest BCUT2D eigenvalue weighted by Gasteiger charge is 2.24. The highest BCUT2D eigenvalue weighted by Crippen LogP contribution is 2.33. The van der Waals surface area contributed by atoms with Gasteiger partial charge >= 0.3 is 0 Å². The Hall–Kier alpha value is -3.01. The highest BCUT2D eigenvalue weighted by molar-refractivity contribution is 5.95. The van der Waals surface area contributed by atoms with E-state index in [0.717, 1.165) is 60.8 Å². The van der Waals surface area contributed by atoms with Gasteiger partial charge in [-0.25, -0.2) is 9.37 Å². The first-order valence-corrected chi connectivity index (χ1v) is 12.4. The number of rotatable bonds is 5. The van der Waals surface area contributed by atoms with E-state index in [2.05, 4.69) is 39.8 Å². The molecule has 0 saturated carbocycles. The second-order valence-corrected chi connectivity index (χ2v) is 9.84. The third kappa shape index (κ3) is 4.28. The Morgan fingerprint density at radius 2 is 1.89 bits per heavy atom. The molecule has 6 rings (SSSR count). The molecule has 2 saturated heterocycles. The van der Waals surface area contributed by atoms with E-state index in [9.17, 15) is 0 Å². The lowest BCUT2D eigenvalue weighted by atomic mass is 10.0. The molecular weight excluding hydrogens is 445 g/mol. The molecule has 0 amide bonds. The van der Waals surface area contributed by atoms with Crippen molar-refractivity contribution in [2.45, 2.75) is 25.4 Å². The zero-order valence-electron chi connectivity index (χ0n) is 20.4. The number of aromatic amines is 1. The summed E-state index contributed by atoms with van der Waals surface area (Å²) in [5, 5.41) is 5.80. The fraction of sp³-hybridized carbons (Fsp3) is 0.462. The first-order valence-electron chi connectivity index (χ1n) is 12.4. The maximum atomic E-state index is 15.1. The molecule has 0 spiro atoms. The van der Waals surface area contributed by atoms with E-state index in [1.165, 1.54) is 18.9 Å². The summed E-state index contributed by atoms with van der Waals surface area (Å²) in [6.45, 7) is 5.78. The molecular formula is C26H32FN7O. The maximum Gasteiger partial charge on any atom is 0.158 e. The number of likely N-dealkylation sites (tertiary alicyclic amines) is 1. The number of anilines is 1. The van der Waals surface area contributed by atoms with Gasteiger partial charge < -0.3 is 19.5 Å². The molecule has 9 heteroatoms. The molecule has 2 aliphatic heterocycles. The van der Waals surface area contributed by atoms with E-state index in [1.807, 2.05) is 22.8 Å². The first kappa shape index (κ1) is 22.5. The van der Waals surface area contributed by atoms with Gasteiger partial charge in [0.15, 0.2) is 5.65 Å². The monoisotopic (exact) mass is 477 g/mol. The number of hydrogen-bond donors (Lipinski definition) is 1. The summed E-state index contributed by atoms with van der Waals surface area (Å²) in [6.07, 6.45) is 4.18. The average Bonchev–Trinajstić information content (AvgIpc) is 3.51. The molecule has 4 aromatic rings. The van der Waals surface area contributed by atoms with Crippen LogP contribution < -0.4 is 4.90 Å². The smallest absolute Gasteiger partial charge is 0.158 e. The fourth-order valence-corrected chi connectivity index (χ4v) is 5.42. The van der Waals surface area contributed by atoms with Crippen molar-refractivity contribution in [3.8, 4) is 11.3 Å². The normalized spacial score (nSPS) is 18.3. The quantitative estimate of drug-likeness (QED) is 0.476. The van der Waals surface area contributed by atoms with Crippen molar-refractivity contribution in [2.75, 3.05) is 58.4 Å². The second kappa shape index (κ2) is 9.22. The predicted octanol–water partition coefficient (Wildman–Crippen LogP) is 3.38. The van der Waals surface area contributed by atoms with Crippen LogP contribution in [0.2, 0.25) is 0 Å². The van der Waals surface area contributed by atoms with Crippen LogP contribution in [0.4, 0.5) is 10.2 Å². The average molecular weight is 478 g/mol. The third-order valence-electron chi connectivity index (χ3n) is 7.41. The summed E-state index contributed by atoms with van der Waals surface area (Å²) in [5.41, 5.74) is 3.78. The van der Waals surface area contributed by atoms with Gasteiger partial charge in [-0.05, 0) is 45.1 Å². The molecule has 0 bridgehead atoms. The molecule has 0 radical (unpaired) electrons. The molecule has 184 valence electrons. The highest BCUT2D eigenvalue weighted by atomic mass is 19.1. The lowest BCUT2D eigenvalue weighted by Crippen LogP contribution is -2.41. The Morgan fingerprint density at radius 3 is 2.66 bits per heavy atom. The molecule has 1 aromatic carbocycles. The number of H-pyrrole nitrogens is 1. The van der Waals surface area contributed by atoms with Crippen molar-refractivity contribution >= 4 is 22.4 Å². The van der Waals surface area contributed by atoms with Crippen LogP contribution in [-0.2, 0) is 11.3 Å². The van der Waals surface area contributed by atoms with Crippen molar-refractivity contribution in [1.82, 2.24) is 29.4 Å². The van der Waals surface area contributed by atoms with Crippen LogP contribution in [0.15, 0.2) is 36.5 Å². The molecule has 0 atom stereocenters. The van der Waals surface area contributed by atoms with Gasteiger partial charge in [0.1, 0.15) is 11.6 Å². The van der Waals surface area contributed by atoms with Crippen LogP contribution in [0, 0.1) is 5.82 Å². The van der Waals surface area contributed by atoms with Crippen LogP contribution in [-0.4, -0.2) is 88.9 Å². The number of fused-ring (bicyclic) bond motifs is 2. The Balaban J connectivity index is 1.39. The van der Waals surface area contributed by atoms with Gasteiger partial charge in [0.25, 0.3) is 0 Å². The van der Waals surface area contributed by atoms with Crippen molar-refractivity contribution < 1.29 is 9.13 Å². The van der Waals surface area contributed by atoms with Crippen LogP contribution >= 0.6 is 0 Å². The Bertz CT molecular complexity index is 1330. The van der Waals surface area contributed by atoms with Crippen molar-refractivity contribution in [2.24, 2.45) is 0 Å². The number of nitrogens with one attached hydrogen (secondary N) is 1. The van der Waals surface area contributed by atoms with Gasteiger partial charge in [-0.3, -0.25) is 4.90 Å². The van der Waals surface area contributed by atoms with Crippen molar-refractivity contribution in [1.29, 1.82) is 0 Å². The molecule has 2 aliphatic rings. The van der Waals surface area contributed by atoms with Crippen LogP contribution in [0.25, 0.3) is 27.8 Å². The zero-order valence-corrected chi connectivity index (χ0v) is 20.4. The summed E-state index contributed by atoms with van der Waals surface area (Å²) in [7, 11) is 4.32. The number of ether oxygens (including phenoxy) is 1. The maximum absolute atomic E-state index is 15.1. The molecule has 35 heavy (non-hydrogen) atoms. The summed E-state index contributed by atoms with van der Waals surface area (Å²) in [4.78, 5) is 15.1.